The van der Waals surface area contributed by atoms with E-state index in [-0.39, 0.29) is 5.54 Å². The average Bonchev–Trinajstić information content (AvgIpc) is 2.47. The van der Waals surface area contributed by atoms with Crippen molar-refractivity contribution in [1.82, 2.24) is 4.90 Å². The molecule has 1 aliphatic rings. The zero-order valence-electron chi connectivity index (χ0n) is 14.1. The Morgan fingerprint density at radius 2 is 1.68 bits per heavy atom. The molecule has 19 heavy (non-hydrogen) atoms. The highest BCUT2D eigenvalue weighted by Crippen LogP contribution is 2.40. The largest absolute Gasteiger partial charge is 0.329 e. The zero-order chi connectivity index (χ0) is 14.7. The monoisotopic (exact) mass is 268 g/mol. The maximum Gasteiger partial charge on any atom is 0.0331 e. The van der Waals surface area contributed by atoms with Crippen LogP contribution < -0.4 is 5.73 Å². The molecule has 2 heteroatoms. The molecule has 2 unspecified atom stereocenters. The van der Waals surface area contributed by atoms with Gasteiger partial charge in [-0.05, 0) is 57.4 Å². The molecule has 0 spiro atoms. The van der Waals surface area contributed by atoms with Gasteiger partial charge in [0, 0.05) is 18.1 Å². The van der Waals surface area contributed by atoms with Crippen LogP contribution in [0.25, 0.3) is 0 Å². The van der Waals surface area contributed by atoms with Gasteiger partial charge in [0.15, 0.2) is 0 Å². The Morgan fingerprint density at radius 3 is 2.21 bits per heavy atom. The van der Waals surface area contributed by atoms with Crippen molar-refractivity contribution < 1.29 is 0 Å². The second-order valence-corrected chi connectivity index (χ2v) is 8.04. The molecule has 0 heterocycles. The molecule has 2 atom stereocenters. The molecular weight excluding hydrogens is 232 g/mol. The molecule has 0 aromatic heterocycles. The van der Waals surface area contributed by atoms with E-state index >= 15 is 0 Å². The summed E-state index contributed by atoms with van der Waals surface area (Å²) in [4.78, 5) is 2.61. The van der Waals surface area contributed by atoms with Gasteiger partial charge < -0.3 is 5.73 Å². The molecule has 0 aromatic carbocycles. The van der Waals surface area contributed by atoms with Crippen LogP contribution in [0.2, 0.25) is 0 Å². The van der Waals surface area contributed by atoms with Gasteiger partial charge in [0.05, 0.1) is 0 Å². The lowest BCUT2D eigenvalue weighted by Gasteiger charge is -2.45. The number of rotatable bonds is 5. The summed E-state index contributed by atoms with van der Waals surface area (Å²) in [5.41, 5.74) is 6.96. The minimum Gasteiger partial charge on any atom is -0.329 e. The van der Waals surface area contributed by atoms with E-state index in [1.165, 1.54) is 38.5 Å². The van der Waals surface area contributed by atoms with E-state index in [0.29, 0.717) is 11.5 Å². The highest BCUT2D eigenvalue weighted by molar-refractivity contribution is 4.96. The summed E-state index contributed by atoms with van der Waals surface area (Å²) in [5, 5.41) is 0. The highest BCUT2D eigenvalue weighted by atomic mass is 15.2. The van der Waals surface area contributed by atoms with Crippen molar-refractivity contribution in [2.45, 2.75) is 84.7 Å². The Morgan fingerprint density at radius 1 is 1.05 bits per heavy atom. The third-order valence-electron chi connectivity index (χ3n) is 5.36. The van der Waals surface area contributed by atoms with Crippen molar-refractivity contribution in [1.29, 1.82) is 0 Å². The molecule has 0 bridgehead atoms. The third kappa shape index (κ3) is 4.46. The first-order valence-electron chi connectivity index (χ1n) is 8.15. The Balaban J connectivity index is 2.78. The van der Waals surface area contributed by atoms with Crippen LogP contribution in [0, 0.1) is 11.3 Å². The maximum atomic E-state index is 6.22. The molecule has 1 saturated carbocycles. The fraction of sp³-hybridized carbons (Fsp3) is 1.00. The molecule has 114 valence electrons. The number of nitrogens with two attached hydrogens (primary N) is 1. The van der Waals surface area contributed by atoms with Crippen LogP contribution in [0.3, 0.4) is 0 Å². The van der Waals surface area contributed by atoms with E-state index in [4.69, 9.17) is 5.73 Å². The predicted molar refractivity (Wildman–Crippen MR) is 85.3 cm³/mol. The minimum absolute atomic E-state index is 0.238. The molecule has 0 saturated heterocycles. The lowest BCUT2D eigenvalue weighted by Crippen LogP contribution is -2.55. The number of hydrogen-bond acceptors (Lipinski definition) is 2. The lowest BCUT2D eigenvalue weighted by molar-refractivity contribution is 0.0581. The van der Waals surface area contributed by atoms with Crippen LogP contribution in [-0.4, -0.2) is 30.1 Å². The van der Waals surface area contributed by atoms with E-state index in [9.17, 15) is 0 Å². The number of nitrogens with zero attached hydrogens (tertiary/aromatic N) is 1. The predicted octanol–water partition coefficient (Wildman–Crippen LogP) is 4.04. The van der Waals surface area contributed by atoms with Crippen LogP contribution in [0.1, 0.15) is 73.1 Å². The van der Waals surface area contributed by atoms with Gasteiger partial charge in [0.2, 0.25) is 0 Å². The van der Waals surface area contributed by atoms with E-state index in [0.717, 1.165) is 12.5 Å². The topological polar surface area (TPSA) is 29.3 Å². The van der Waals surface area contributed by atoms with Gasteiger partial charge in [-0.15, -0.1) is 0 Å². The van der Waals surface area contributed by atoms with Crippen molar-refractivity contribution in [3.63, 3.8) is 0 Å². The number of likely N-dealkylation sites (N-methyl/N-ethyl adjacent to an activating group) is 1. The Labute approximate surface area is 121 Å². The number of hydrogen-bond donors (Lipinski definition) is 1. The molecule has 0 amide bonds. The van der Waals surface area contributed by atoms with Crippen molar-refractivity contribution in [2.24, 2.45) is 17.1 Å². The Bertz CT molecular complexity index is 272. The normalized spacial score (nSPS) is 29.5. The summed E-state index contributed by atoms with van der Waals surface area (Å²) in [5.74, 6) is 0.759. The second-order valence-electron chi connectivity index (χ2n) is 8.04. The molecule has 1 fully saturated rings. The first-order valence-corrected chi connectivity index (χ1v) is 8.15. The van der Waals surface area contributed by atoms with Gasteiger partial charge in [-0.3, -0.25) is 4.90 Å². The lowest BCUT2D eigenvalue weighted by atomic mass is 9.82. The fourth-order valence-electron chi connectivity index (χ4n) is 3.73. The summed E-state index contributed by atoms with van der Waals surface area (Å²) < 4.78 is 0. The molecular formula is C17H36N2. The zero-order valence-corrected chi connectivity index (χ0v) is 14.1. The van der Waals surface area contributed by atoms with E-state index < -0.39 is 0 Å². The van der Waals surface area contributed by atoms with Crippen molar-refractivity contribution >= 4 is 0 Å². The van der Waals surface area contributed by atoms with E-state index in [2.05, 4.69) is 46.6 Å². The highest BCUT2D eigenvalue weighted by Gasteiger charge is 2.39. The summed E-state index contributed by atoms with van der Waals surface area (Å²) in [6.45, 7) is 12.6. The van der Waals surface area contributed by atoms with Crippen molar-refractivity contribution in [3.05, 3.63) is 0 Å². The van der Waals surface area contributed by atoms with Crippen molar-refractivity contribution in [3.8, 4) is 0 Å². The molecule has 0 aliphatic heterocycles. The van der Waals surface area contributed by atoms with Crippen LogP contribution >= 0.6 is 0 Å². The van der Waals surface area contributed by atoms with Crippen LogP contribution in [0.5, 0.6) is 0 Å². The fourth-order valence-corrected chi connectivity index (χ4v) is 3.73. The summed E-state index contributed by atoms with van der Waals surface area (Å²) in [6.07, 6.45) is 7.77. The van der Waals surface area contributed by atoms with Gasteiger partial charge in [-0.2, -0.15) is 0 Å². The third-order valence-corrected chi connectivity index (χ3v) is 5.36. The molecule has 1 aliphatic carbocycles. The molecule has 2 N–H and O–H groups in total. The Kier molecular flexibility index (Phi) is 5.88. The summed E-state index contributed by atoms with van der Waals surface area (Å²) >= 11 is 0. The maximum absolute atomic E-state index is 6.22. The smallest absolute Gasteiger partial charge is 0.0331 e. The molecule has 1 rings (SSSR count). The SMILES string of the molecule is CC(C)CC(C)N(C)C1(CN)CCCC(C)(C)CC1. The quantitative estimate of drug-likeness (QED) is 0.762. The molecule has 0 radical (unpaired) electrons. The Hall–Kier alpha value is -0.0800. The van der Waals surface area contributed by atoms with E-state index in [1.807, 2.05) is 0 Å². The second kappa shape index (κ2) is 6.58. The summed E-state index contributed by atoms with van der Waals surface area (Å²) in [6, 6.07) is 0.629. The van der Waals surface area contributed by atoms with Gasteiger partial charge in [0.25, 0.3) is 0 Å². The van der Waals surface area contributed by atoms with E-state index in [1.54, 1.807) is 0 Å². The molecule has 0 aromatic rings. The van der Waals surface area contributed by atoms with Crippen LogP contribution in [0.15, 0.2) is 0 Å². The van der Waals surface area contributed by atoms with Gasteiger partial charge in [0.1, 0.15) is 0 Å². The van der Waals surface area contributed by atoms with Gasteiger partial charge in [-0.1, -0.05) is 34.1 Å². The van der Waals surface area contributed by atoms with Gasteiger partial charge in [-0.25, -0.2) is 0 Å². The first-order chi connectivity index (χ1) is 8.72. The van der Waals surface area contributed by atoms with Crippen LogP contribution in [-0.2, 0) is 0 Å². The van der Waals surface area contributed by atoms with Crippen molar-refractivity contribution in [2.75, 3.05) is 13.6 Å². The summed E-state index contributed by atoms with van der Waals surface area (Å²) in [7, 11) is 2.30. The minimum atomic E-state index is 0.238. The average molecular weight is 268 g/mol. The van der Waals surface area contributed by atoms with Gasteiger partial charge >= 0.3 is 0 Å². The molecule has 2 nitrogen and oxygen atoms in total. The standard InChI is InChI=1S/C17H36N2/c1-14(2)12-15(3)19(6)17(13-18)9-7-8-16(4,5)10-11-17/h14-15H,7-13,18H2,1-6H3. The van der Waals surface area contributed by atoms with Crippen LogP contribution in [0.4, 0.5) is 0 Å². The first kappa shape index (κ1) is 17.0.